The summed E-state index contributed by atoms with van der Waals surface area (Å²) in [6.45, 7) is 2.70. The van der Waals surface area contributed by atoms with E-state index in [1.54, 1.807) is 6.20 Å². The molecule has 0 radical (unpaired) electrons. The van der Waals surface area contributed by atoms with E-state index < -0.39 is 0 Å². The van der Waals surface area contributed by atoms with Crippen molar-refractivity contribution < 1.29 is 4.79 Å². The number of hydrogen-bond donors (Lipinski definition) is 2. The van der Waals surface area contributed by atoms with Crippen LogP contribution in [-0.2, 0) is 0 Å². The van der Waals surface area contributed by atoms with E-state index in [0.717, 1.165) is 16.5 Å². The van der Waals surface area contributed by atoms with Crippen molar-refractivity contribution >= 4 is 28.0 Å². The maximum Gasteiger partial charge on any atom is 0.318 e. The van der Waals surface area contributed by atoms with E-state index in [0.29, 0.717) is 6.54 Å². The van der Waals surface area contributed by atoms with E-state index >= 15 is 0 Å². The third-order valence-electron chi connectivity index (χ3n) is 1.90. The van der Waals surface area contributed by atoms with Crippen molar-refractivity contribution in [1.29, 1.82) is 0 Å². The van der Waals surface area contributed by atoms with Gasteiger partial charge in [-0.3, -0.25) is 0 Å². The molecule has 4 heteroatoms. The molecule has 2 amide bonds. The Hall–Kier alpha value is -1.29. The maximum absolute atomic E-state index is 11.2. The van der Waals surface area contributed by atoms with Gasteiger partial charge in [0.05, 0.1) is 0 Å². The Kier molecular flexibility index (Phi) is 5.64. The van der Waals surface area contributed by atoms with Gasteiger partial charge in [-0.05, 0) is 30.2 Å². The minimum absolute atomic E-state index is 0.171. The normalized spacial score (nSPS) is 10.4. The quantitative estimate of drug-likeness (QED) is 0.875. The smallest absolute Gasteiger partial charge is 0.318 e. The molecule has 0 aliphatic rings. The predicted octanol–water partition coefficient (Wildman–Crippen LogP) is 3.13. The van der Waals surface area contributed by atoms with Gasteiger partial charge in [-0.1, -0.05) is 35.0 Å². The SMILES string of the molecule is CCCNC(=O)N/C=C/c1ccc(Br)cc1. The maximum atomic E-state index is 11.2. The van der Waals surface area contributed by atoms with E-state index in [1.807, 2.05) is 37.3 Å². The molecule has 0 aliphatic carbocycles. The lowest BCUT2D eigenvalue weighted by Crippen LogP contribution is -2.32. The van der Waals surface area contributed by atoms with E-state index in [2.05, 4.69) is 26.6 Å². The summed E-state index contributed by atoms with van der Waals surface area (Å²) in [5.74, 6) is 0. The Bertz CT molecular complexity index is 360. The highest BCUT2D eigenvalue weighted by molar-refractivity contribution is 9.10. The molecule has 0 saturated carbocycles. The number of carbonyl (C=O) groups excluding carboxylic acids is 1. The first-order chi connectivity index (χ1) is 7.72. The van der Waals surface area contributed by atoms with Crippen LogP contribution >= 0.6 is 15.9 Å². The average molecular weight is 283 g/mol. The third kappa shape index (κ3) is 4.98. The molecular formula is C12H15BrN2O. The molecule has 86 valence electrons. The molecule has 0 aromatic heterocycles. The molecule has 0 saturated heterocycles. The lowest BCUT2D eigenvalue weighted by molar-refractivity contribution is 0.244. The summed E-state index contributed by atoms with van der Waals surface area (Å²) in [5.41, 5.74) is 1.04. The van der Waals surface area contributed by atoms with Crippen LogP contribution in [-0.4, -0.2) is 12.6 Å². The zero-order valence-corrected chi connectivity index (χ0v) is 10.8. The van der Waals surface area contributed by atoms with Crippen LogP contribution < -0.4 is 10.6 Å². The molecule has 3 nitrogen and oxygen atoms in total. The van der Waals surface area contributed by atoms with Gasteiger partial charge in [-0.25, -0.2) is 4.79 Å². The van der Waals surface area contributed by atoms with Crippen LogP contribution in [0.3, 0.4) is 0 Å². The molecule has 0 spiro atoms. The number of amides is 2. The Morgan fingerprint density at radius 1 is 1.38 bits per heavy atom. The zero-order valence-electron chi connectivity index (χ0n) is 9.16. The van der Waals surface area contributed by atoms with Gasteiger partial charge in [0.25, 0.3) is 0 Å². The Morgan fingerprint density at radius 2 is 2.06 bits per heavy atom. The molecule has 1 aromatic rings. The number of benzene rings is 1. The molecule has 16 heavy (non-hydrogen) atoms. The van der Waals surface area contributed by atoms with Crippen LogP contribution in [0.15, 0.2) is 34.9 Å². The van der Waals surface area contributed by atoms with Gasteiger partial charge >= 0.3 is 6.03 Å². The van der Waals surface area contributed by atoms with Crippen molar-refractivity contribution in [3.63, 3.8) is 0 Å². The zero-order chi connectivity index (χ0) is 11.8. The van der Waals surface area contributed by atoms with Crippen LogP contribution in [0.5, 0.6) is 0 Å². The van der Waals surface area contributed by atoms with Gasteiger partial charge in [-0.2, -0.15) is 0 Å². The molecule has 0 aliphatic heterocycles. The summed E-state index contributed by atoms with van der Waals surface area (Å²) in [5, 5.41) is 5.36. The lowest BCUT2D eigenvalue weighted by Gasteiger charge is -2.01. The third-order valence-corrected chi connectivity index (χ3v) is 2.42. The summed E-state index contributed by atoms with van der Waals surface area (Å²) in [7, 11) is 0. The Labute approximate surface area is 104 Å². The van der Waals surface area contributed by atoms with Crippen LogP contribution in [0.4, 0.5) is 4.79 Å². The highest BCUT2D eigenvalue weighted by atomic mass is 79.9. The fraction of sp³-hybridized carbons (Fsp3) is 0.250. The number of rotatable bonds is 4. The fourth-order valence-electron chi connectivity index (χ4n) is 1.08. The molecule has 1 aromatic carbocycles. The fourth-order valence-corrected chi connectivity index (χ4v) is 1.34. The first-order valence-corrected chi connectivity index (χ1v) is 5.98. The molecule has 1 rings (SSSR count). The molecule has 0 atom stereocenters. The van der Waals surface area contributed by atoms with Crippen molar-refractivity contribution in [2.75, 3.05) is 6.54 Å². The summed E-state index contributed by atoms with van der Waals surface area (Å²) >= 11 is 3.36. The molecular weight excluding hydrogens is 268 g/mol. The van der Waals surface area contributed by atoms with E-state index in [1.165, 1.54) is 0 Å². The van der Waals surface area contributed by atoms with E-state index in [9.17, 15) is 4.79 Å². The molecule has 0 fully saturated rings. The number of nitrogens with one attached hydrogen (secondary N) is 2. The number of halogens is 1. The summed E-state index contributed by atoms with van der Waals surface area (Å²) < 4.78 is 1.04. The number of hydrogen-bond acceptors (Lipinski definition) is 1. The minimum Gasteiger partial charge on any atom is -0.338 e. The first-order valence-electron chi connectivity index (χ1n) is 5.19. The van der Waals surface area contributed by atoms with Crippen LogP contribution in [0.2, 0.25) is 0 Å². The van der Waals surface area contributed by atoms with Crippen molar-refractivity contribution in [3.05, 3.63) is 40.5 Å². The highest BCUT2D eigenvalue weighted by Gasteiger charge is 1.93. The molecule has 0 heterocycles. The van der Waals surface area contributed by atoms with E-state index in [4.69, 9.17) is 0 Å². The molecule has 2 N–H and O–H groups in total. The minimum atomic E-state index is -0.171. The Balaban J connectivity index is 2.37. The number of carbonyl (C=O) groups is 1. The van der Waals surface area contributed by atoms with Crippen molar-refractivity contribution in [1.82, 2.24) is 10.6 Å². The second-order valence-electron chi connectivity index (χ2n) is 3.29. The van der Waals surface area contributed by atoms with Crippen molar-refractivity contribution in [3.8, 4) is 0 Å². The summed E-state index contributed by atoms with van der Waals surface area (Å²) in [4.78, 5) is 11.2. The van der Waals surface area contributed by atoms with Gasteiger partial charge in [0.1, 0.15) is 0 Å². The number of urea groups is 1. The van der Waals surface area contributed by atoms with E-state index in [-0.39, 0.29) is 6.03 Å². The lowest BCUT2D eigenvalue weighted by atomic mass is 10.2. The second kappa shape index (κ2) is 7.06. The van der Waals surface area contributed by atoms with Gasteiger partial charge in [0.2, 0.25) is 0 Å². The standard InChI is InChI=1S/C12H15BrN2O/c1-2-8-14-12(16)15-9-7-10-3-5-11(13)6-4-10/h3-7,9H,2,8H2,1H3,(H2,14,15,16)/b9-7+. The van der Waals surface area contributed by atoms with Gasteiger partial charge in [0.15, 0.2) is 0 Å². The summed E-state index contributed by atoms with van der Waals surface area (Å²) in [6.07, 6.45) is 4.41. The second-order valence-corrected chi connectivity index (χ2v) is 4.20. The van der Waals surface area contributed by atoms with Crippen LogP contribution in [0, 0.1) is 0 Å². The van der Waals surface area contributed by atoms with Gasteiger partial charge in [0, 0.05) is 17.2 Å². The monoisotopic (exact) mass is 282 g/mol. The van der Waals surface area contributed by atoms with Gasteiger partial charge < -0.3 is 10.6 Å². The van der Waals surface area contributed by atoms with Crippen molar-refractivity contribution in [2.24, 2.45) is 0 Å². The predicted molar refractivity (Wildman–Crippen MR) is 70.0 cm³/mol. The molecule has 0 unspecified atom stereocenters. The van der Waals surface area contributed by atoms with Crippen LogP contribution in [0.25, 0.3) is 6.08 Å². The first kappa shape index (κ1) is 12.8. The van der Waals surface area contributed by atoms with Gasteiger partial charge in [-0.15, -0.1) is 0 Å². The largest absolute Gasteiger partial charge is 0.338 e. The highest BCUT2D eigenvalue weighted by Crippen LogP contribution is 2.10. The Morgan fingerprint density at radius 3 is 2.69 bits per heavy atom. The topological polar surface area (TPSA) is 41.1 Å². The van der Waals surface area contributed by atoms with Crippen LogP contribution in [0.1, 0.15) is 18.9 Å². The summed E-state index contributed by atoms with van der Waals surface area (Å²) in [6, 6.07) is 7.67. The van der Waals surface area contributed by atoms with Crippen molar-refractivity contribution in [2.45, 2.75) is 13.3 Å². The molecule has 0 bridgehead atoms. The average Bonchev–Trinajstić information content (AvgIpc) is 2.29.